The van der Waals surface area contributed by atoms with Crippen molar-refractivity contribution in [1.82, 2.24) is 9.78 Å². The molecule has 1 aromatic carbocycles. The third-order valence-corrected chi connectivity index (χ3v) is 6.11. The Hall–Kier alpha value is -2.68. The molecule has 1 aliphatic heterocycles. The van der Waals surface area contributed by atoms with Crippen molar-refractivity contribution in [2.24, 2.45) is 0 Å². The molecule has 3 rings (SSSR count). The number of ether oxygens (including phenoxy) is 1. The van der Waals surface area contributed by atoms with Crippen LogP contribution in [0.3, 0.4) is 0 Å². The molecule has 27 heavy (non-hydrogen) atoms. The van der Waals surface area contributed by atoms with Gasteiger partial charge in [-0.15, -0.1) is 0 Å². The fourth-order valence-corrected chi connectivity index (χ4v) is 4.73. The molecule has 0 bridgehead atoms. The Balaban J connectivity index is 1.70. The van der Waals surface area contributed by atoms with E-state index < -0.39 is 21.7 Å². The summed E-state index contributed by atoms with van der Waals surface area (Å²) < 4.78 is 29.9. The van der Waals surface area contributed by atoms with Gasteiger partial charge in [0.05, 0.1) is 29.7 Å². The number of rotatable bonds is 5. The number of anilines is 1. The normalized spacial score (nSPS) is 18.2. The van der Waals surface area contributed by atoms with Crippen LogP contribution in [0.1, 0.15) is 45.9 Å². The summed E-state index contributed by atoms with van der Waals surface area (Å²) >= 11 is 0. The lowest BCUT2D eigenvalue weighted by Crippen LogP contribution is -2.16. The molecule has 1 aliphatic rings. The van der Waals surface area contributed by atoms with E-state index in [-0.39, 0.29) is 23.2 Å². The molecule has 1 saturated heterocycles. The lowest BCUT2D eigenvalue weighted by Gasteiger charge is -2.10. The third-order valence-electron chi connectivity index (χ3n) is 4.36. The van der Waals surface area contributed by atoms with E-state index in [0.717, 1.165) is 5.69 Å². The van der Waals surface area contributed by atoms with E-state index >= 15 is 0 Å². The zero-order valence-electron chi connectivity index (χ0n) is 15.1. The maximum absolute atomic E-state index is 12.4. The second-order valence-corrected chi connectivity index (χ2v) is 8.65. The van der Waals surface area contributed by atoms with Gasteiger partial charge in [-0.2, -0.15) is 5.10 Å². The summed E-state index contributed by atoms with van der Waals surface area (Å²) in [5.74, 6) is -0.630. The van der Waals surface area contributed by atoms with E-state index in [9.17, 15) is 18.0 Å². The molecule has 1 unspecified atom stereocenters. The maximum atomic E-state index is 12.4. The van der Waals surface area contributed by atoms with Crippen LogP contribution < -0.4 is 5.32 Å². The van der Waals surface area contributed by atoms with Gasteiger partial charge in [0.1, 0.15) is 0 Å². The first-order valence-corrected chi connectivity index (χ1v) is 10.5. The van der Waals surface area contributed by atoms with Crippen LogP contribution in [-0.2, 0) is 14.6 Å². The van der Waals surface area contributed by atoms with Crippen molar-refractivity contribution >= 4 is 27.4 Å². The van der Waals surface area contributed by atoms with Gasteiger partial charge in [-0.25, -0.2) is 13.2 Å². The number of sulfone groups is 1. The summed E-state index contributed by atoms with van der Waals surface area (Å²) in [6, 6.07) is 7.75. The summed E-state index contributed by atoms with van der Waals surface area (Å²) in [6.45, 7) is 3.82. The van der Waals surface area contributed by atoms with Gasteiger partial charge in [-0.1, -0.05) is 0 Å². The standard InChI is InChI=1S/C18H21N3O5S/c1-3-26-18(23)13-4-6-14(7-5-13)19-17(22)16-10-12(2)21(20-16)15-8-9-27(24,25)11-15/h4-7,10,15H,3,8-9,11H2,1-2H3,(H,19,22). The number of benzene rings is 1. The predicted octanol–water partition coefficient (Wildman–Crippen LogP) is 1.98. The summed E-state index contributed by atoms with van der Waals surface area (Å²) in [4.78, 5) is 24.1. The number of nitrogens with one attached hydrogen (secondary N) is 1. The molecule has 2 heterocycles. The largest absolute Gasteiger partial charge is 0.462 e. The molecule has 0 saturated carbocycles. The molecule has 1 aromatic heterocycles. The van der Waals surface area contributed by atoms with E-state index in [2.05, 4.69) is 10.4 Å². The Bertz CT molecular complexity index is 963. The molecule has 1 atom stereocenters. The number of nitrogens with zero attached hydrogens (tertiary/aromatic N) is 2. The molecular formula is C18H21N3O5S. The van der Waals surface area contributed by atoms with Crippen LogP contribution in [0.2, 0.25) is 0 Å². The topological polar surface area (TPSA) is 107 Å². The average molecular weight is 391 g/mol. The van der Waals surface area contributed by atoms with Crippen LogP contribution in [-0.4, -0.2) is 48.2 Å². The van der Waals surface area contributed by atoms with Crippen molar-refractivity contribution < 1.29 is 22.7 Å². The van der Waals surface area contributed by atoms with E-state index in [4.69, 9.17) is 4.74 Å². The molecule has 0 spiro atoms. The molecule has 1 N–H and O–H groups in total. The van der Waals surface area contributed by atoms with Crippen LogP contribution in [0.5, 0.6) is 0 Å². The van der Waals surface area contributed by atoms with Gasteiger partial charge in [-0.05, 0) is 50.6 Å². The van der Waals surface area contributed by atoms with Crippen molar-refractivity contribution in [2.45, 2.75) is 26.3 Å². The zero-order chi connectivity index (χ0) is 19.6. The quantitative estimate of drug-likeness (QED) is 0.781. The average Bonchev–Trinajstić information content (AvgIpc) is 3.18. The number of esters is 1. The van der Waals surface area contributed by atoms with Gasteiger partial charge < -0.3 is 10.1 Å². The summed E-state index contributed by atoms with van der Waals surface area (Å²) in [6.07, 6.45) is 0.501. The number of hydrogen-bond donors (Lipinski definition) is 1. The van der Waals surface area contributed by atoms with Gasteiger partial charge in [0.25, 0.3) is 5.91 Å². The fourth-order valence-electron chi connectivity index (χ4n) is 3.04. The number of aryl methyl sites for hydroxylation is 1. The van der Waals surface area contributed by atoms with Crippen LogP contribution in [0.25, 0.3) is 0 Å². The molecule has 1 fully saturated rings. The molecule has 9 heteroatoms. The van der Waals surface area contributed by atoms with Crippen LogP contribution >= 0.6 is 0 Å². The van der Waals surface area contributed by atoms with Gasteiger partial charge >= 0.3 is 5.97 Å². The minimum atomic E-state index is -3.03. The number of carbonyl (C=O) groups is 2. The molecule has 8 nitrogen and oxygen atoms in total. The summed E-state index contributed by atoms with van der Waals surface area (Å²) in [5.41, 5.74) is 1.87. The minimum absolute atomic E-state index is 0.0475. The number of amides is 1. The summed E-state index contributed by atoms with van der Waals surface area (Å²) in [7, 11) is -3.03. The van der Waals surface area contributed by atoms with Crippen molar-refractivity contribution in [3.63, 3.8) is 0 Å². The van der Waals surface area contributed by atoms with Gasteiger partial charge in [0.15, 0.2) is 15.5 Å². The number of carbonyl (C=O) groups excluding carboxylic acids is 2. The monoisotopic (exact) mass is 391 g/mol. The highest BCUT2D eigenvalue weighted by Crippen LogP contribution is 2.25. The second kappa shape index (κ2) is 7.51. The van der Waals surface area contributed by atoms with E-state index in [0.29, 0.717) is 24.3 Å². The van der Waals surface area contributed by atoms with Crippen LogP contribution in [0.4, 0.5) is 5.69 Å². The van der Waals surface area contributed by atoms with Crippen molar-refractivity contribution in [1.29, 1.82) is 0 Å². The van der Waals surface area contributed by atoms with E-state index in [1.165, 1.54) is 0 Å². The van der Waals surface area contributed by atoms with Crippen LogP contribution in [0, 0.1) is 6.92 Å². The zero-order valence-corrected chi connectivity index (χ0v) is 16.0. The molecule has 2 aromatic rings. The first-order valence-electron chi connectivity index (χ1n) is 8.64. The van der Waals surface area contributed by atoms with Gasteiger partial charge in [0.2, 0.25) is 0 Å². The lowest BCUT2D eigenvalue weighted by molar-refractivity contribution is 0.0526. The Labute approximate surface area is 157 Å². The Kier molecular flexibility index (Phi) is 5.31. The highest BCUT2D eigenvalue weighted by atomic mass is 32.2. The molecule has 0 radical (unpaired) electrons. The van der Waals surface area contributed by atoms with Crippen molar-refractivity contribution in [3.8, 4) is 0 Å². The number of aromatic nitrogens is 2. The minimum Gasteiger partial charge on any atom is -0.462 e. The predicted molar refractivity (Wildman–Crippen MR) is 99.6 cm³/mol. The highest BCUT2D eigenvalue weighted by Gasteiger charge is 2.31. The highest BCUT2D eigenvalue weighted by molar-refractivity contribution is 7.91. The molecule has 1 amide bonds. The fraction of sp³-hybridized carbons (Fsp3) is 0.389. The van der Waals surface area contributed by atoms with Crippen LogP contribution in [0.15, 0.2) is 30.3 Å². The Morgan fingerprint density at radius 1 is 1.30 bits per heavy atom. The molecular weight excluding hydrogens is 370 g/mol. The number of hydrogen-bond acceptors (Lipinski definition) is 6. The molecule has 144 valence electrons. The van der Waals surface area contributed by atoms with Crippen molar-refractivity contribution in [3.05, 3.63) is 47.3 Å². The van der Waals surface area contributed by atoms with E-state index in [1.54, 1.807) is 48.9 Å². The Morgan fingerprint density at radius 2 is 2.00 bits per heavy atom. The lowest BCUT2D eigenvalue weighted by atomic mass is 10.2. The van der Waals surface area contributed by atoms with Gasteiger partial charge in [-0.3, -0.25) is 9.48 Å². The first kappa shape index (κ1) is 19.1. The van der Waals surface area contributed by atoms with E-state index in [1.807, 2.05) is 0 Å². The smallest absolute Gasteiger partial charge is 0.338 e. The van der Waals surface area contributed by atoms with Crippen molar-refractivity contribution in [2.75, 3.05) is 23.4 Å². The molecule has 0 aliphatic carbocycles. The first-order chi connectivity index (χ1) is 12.8. The second-order valence-electron chi connectivity index (χ2n) is 6.42. The van der Waals surface area contributed by atoms with Gasteiger partial charge in [0, 0.05) is 11.4 Å². The summed E-state index contributed by atoms with van der Waals surface area (Å²) in [5, 5.41) is 7.01. The third kappa shape index (κ3) is 4.36. The SMILES string of the molecule is CCOC(=O)c1ccc(NC(=O)c2cc(C)n(C3CCS(=O)(=O)C3)n2)cc1. The Morgan fingerprint density at radius 3 is 2.59 bits per heavy atom. The maximum Gasteiger partial charge on any atom is 0.338 e.